The molecule has 0 aliphatic rings. The summed E-state index contributed by atoms with van der Waals surface area (Å²) in [5, 5.41) is 4.60. The Labute approximate surface area is 81.1 Å². The van der Waals surface area contributed by atoms with E-state index in [1.807, 2.05) is 0 Å². The summed E-state index contributed by atoms with van der Waals surface area (Å²) >= 11 is 0. The lowest BCUT2D eigenvalue weighted by molar-refractivity contribution is -0.131. The number of halogens is 3. The molecule has 0 saturated carbocycles. The van der Waals surface area contributed by atoms with Crippen molar-refractivity contribution in [3.05, 3.63) is 0 Å². The van der Waals surface area contributed by atoms with Crippen LogP contribution in [0.4, 0.5) is 13.2 Å². The van der Waals surface area contributed by atoms with Crippen molar-refractivity contribution in [1.82, 2.24) is 10.6 Å². The first-order valence-corrected chi connectivity index (χ1v) is 4.33. The maximum Gasteiger partial charge on any atom is 0.401 e. The van der Waals surface area contributed by atoms with Crippen molar-refractivity contribution in [2.75, 3.05) is 6.54 Å². The highest BCUT2D eigenvalue weighted by atomic mass is 19.4. The zero-order chi connectivity index (χ0) is 11.4. The summed E-state index contributed by atoms with van der Waals surface area (Å²) in [5.74, 6) is -0.427. The normalized spacial score (nSPS) is 14.2. The van der Waals surface area contributed by atoms with Crippen molar-refractivity contribution in [1.29, 1.82) is 0 Å². The van der Waals surface area contributed by atoms with E-state index in [0.717, 1.165) is 0 Å². The first-order chi connectivity index (χ1) is 6.22. The maximum absolute atomic E-state index is 11.7. The Balaban J connectivity index is 3.85. The summed E-state index contributed by atoms with van der Waals surface area (Å²) in [6.45, 7) is 3.73. The summed E-state index contributed by atoms with van der Waals surface area (Å²) in [7, 11) is 0. The molecular weight excluding hydrogens is 197 g/mol. The predicted molar refractivity (Wildman–Crippen MR) is 46.8 cm³/mol. The number of nitrogens with one attached hydrogen (secondary N) is 2. The van der Waals surface area contributed by atoms with Crippen LogP contribution >= 0.6 is 0 Å². The molecule has 14 heavy (non-hydrogen) atoms. The standard InChI is InChI=1S/C8H15F3N2O/c1-5(2)13-7(14)6(3)12-4-8(9,10)11/h5-6,12H,4H2,1-3H3,(H,13,14). The molecule has 0 fully saturated rings. The quantitative estimate of drug-likeness (QED) is 0.731. The van der Waals surface area contributed by atoms with Gasteiger partial charge in [0.05, 0.1) is 12.6 Å². The van der Waals surface area contributed by atoms with Crippen LogP contribution in [0.2, 0.25) is 0 Å². The average Bonchev–Trinajstić information content (AvgIpc) is 1.97. The molecule has 1 atom stereocenters. The van der Waals surface area contributed by atoms with Gasteiger partial charge in [0.2, 0.25) is 5.91 Å². The highest BCUT2D eigenvalue weighted by Gasteiger charge is 2.28. The van der Waals surface area contributed by atoms with Crippen molar-refractivity contribution in [3.63, 3.8) is 0 Å². The van der Waals surface area contributed by atoms with Crippen LogP contribution in [-0.4, -0.2) is 30.7 Å². The van der Waals surface area contributed by atoms with E-state index >= 15 is 0 Å². The lowest BCUT2D eigenvalue weighted by Gasteiger charge is -2.16. The van der Waals surface area contributed by atoms with E-state index in [2.05, 4.69) is 10.6 Å². The fourth-order valence-corrected chi connectivity index (χ4v) is 0.771. The van der Waals surface area contributed by atoms with Gasteiger partial charge in [-0.3, -0.25) is 10.1 Å². The Morgan fingerprint density at radius 3 is 2.14 bits per heavy atom. The number of carbonyl (C=O) groups excluding carboxylic acids is 1. The molecule has 0 aromatic carbocycles. The van der Waals surface area contributed by atoms with E-state index in [4.69, 9.17) is 0 Å². The lowest BCUT2D eigenvalue weighted by Crippen LogP contribution is -2.47. The number of rotatable bonds is 4. The first-order valence-electron chi connectivity index (χ1n) is 4.33. The highest BCUT2D eigenvalue weighted by molar-refractivity contribution is 5.81. The topological polar surface area (TPSA) is 41.1 Å². The minimum atomic E-state index is -4.29. The number of alkyl halides is 3. The smallest absolute Gasteiger partial charge is 0.353 e. The van der Waals surface area contributed by atoms with E-state index in [1.54, 1.807) is 13.8 Å². The van der Waals surface area contributed by atoms with E-state index < -0.39 is 24.7 Å². The molecule has 0 radical (unpaired) electrons. The summed E-state index contributed by atoms with van der Waals surface area (Å²) in [6.07, 6.45) is -4.29. The van der Waals surface area contributed by atoms with Gasteiger partial charge in [0.1, 0.15) is 0 Å². The molecule has 1 unspecified atom stereocenters. The van der Waals surface area contributed by atoms with Gasteiger partial charge in [-0.05, 0) is 20.8 Å². The van der Waals surface area contributed by atoms with Gasteiger partial charge in [0, 0.05) is 6.04 Å². The molecule has 84 valence electrons. The minimum absolute atomic E-state index is 0.0716. The van der Waals surface area contributed by atoms with Crippen molar-refractivity contribution < 1.29 is 18.0 Å². The first kappa shape index (κ1) is 13.2. The average molecular weight is 212 g/mol. The molecule has 0 aromatic heterocycles. The molecule has 3 nitrogen and oxygen atoms in total. The van der Waals surface area contributed by atoms with Gasteiger partial charge < -0.3 is 5.32 Å². The lowest BCUT2D eigenvalue weighted by atomic mass is 10.3. The Kier molecular flexibility index (Phi) is 4.90. The van der Waals surface area contributed by atoms with Gasteiger partial charge in [0.15, 0.2) is 0 Å². The SMILES string of the molecule is CC(C)NC(=O)C(C)NCC(F)(F)F. The van der Waals surface area contributed by atoms with Crippen molar-refractivity contribution in [3.8, 4) is 0 Å². The molecule has 0 aliphatic heterocycles. The Hall–Kier alpha value is -0.780. The van der Waals surface area contributed by atoms with Gasteiger partial charge in [-0.15, -0.1) is 0 Å². The van der Waals surface area contributed by atoms with E-state index in [0.29, 0.717) is 0 Å². The molecule has 6 heteroatoms. The molecule has 0 aromatic rings. The molecule has 0 saturated heterocycles. The number of hydrogen-bond acceptors (Lipinski definition) is 2. The van der Waals surface area contributed by atoms with Gasteiger partial charge in [-0.1, -0.05) is 0 Å². The van der Waals surface area contributed by atoms with Gasteiger partial charge >= 0.3 is 6.18 Å². The van der Waals surface area contributed by atoms with Crippen LogP contribution in [0, 0.1) is 0 Å². The number of amides is 1. The molecule has 0 spiro atoms. The van der Waals surface area contributed by atoms with Crippen LogP contribution in [0.3, 0.4) is 0 Å². The second-order valence-corrected chi connectivity index (χ2v) is 3.38. The zero-order valence-corrected chi connectivity index (χ0v) is 8.40. The Bertz CT molecular complexity index is 192. The fourth-order valence-electron chi connectivity index (χ4n) is 0.771. The van der Waals surface area contributed by atoms with Crippen LogP contribution in [0.5, 0.6) is 0 Å². The summed E-state index contributed by atoms with van der Waals surface area (Å²) in [5.41, 5.74) is 0. The Morgan fingerprint density at radius 1 is 1.29 bits per heavy atom. The van der Waals surface area contributed by atoms with Gasteiger partial charge in [-0.2, -0.15) is 13.2 Å². The largest absolute Gasteiger partial charge is 0.401 e. The van der Waals surface area contributed by atoms with Crippen molar-refractivity contribution in [2.24, 2.45) is 0 Å². The third kappa shape index (κ3) is 6.71. The molecule has 0 heterocycles. The van der Waals surface area contributed by atoms with Crippen LogP contribution in [0.1, 0.15) is 20.8 Å². The summed E-state index contributed by atoms with van der Waals surface area (Å²) in [4.78, 5) is 11.1. The van der Waals surface area contributed by atoms with Crippen molar-refractivity contribution in [2.45, 2.75) is 39.0 Å². The molecule has 0 aliphatic carbocycles. The second kappa shape index (κ2) is 5.19. The number of hydrogen-bond donors (Lipinski definition) is 2. The van der Waals surface area contributed by atoms with Gasteiger partial charge in [-0.25, -0.2) is 0 Å². The van der Waals surface area contributed by atoms with Crippen molar-refractivity contribution >= 4 is 5.91 Å². The number of carbonyl (C=O) groups is 1. The minimum Gasteiger partial charge on any atom is -0.353 e. The maximum atomic E-state index is 11.7. The predicted octanol–water partition coefficient (Wildman–Crippen LogP) is 1.05. The Morgan fingerprint density at radius 2 is 1.79 bits per heavy atom. The van der Waals surface area contributed by atoms with E-state index in [9.17, 15) is 18.0 Å². The monoisotopic (exact) mass is 212 g/mol. The highest BCUT2D eigenvalue weighted by Crippen LogP contribution is 2.12. The zero-order valence-electron chi connectivity index (χ0n) is 8.40. The molecule has 2 N–H and O–H groups in total. The van der Waals surface area contributed by atoms with Crippen LogP contribution in [-0.2, 0) is 4.79 Å². The second-order valence-electron chi connectivity index (χ2n) is 3.38. The molecule has 0 bridgehead atoms. The molecular formula is C8H15F3N2O. The van der Waals surface area contributed by atoms with Crippen LogP contribution in [0.25, 0.3) is 0 Å². The van der Waals surface area contributed by atoms with Crippen LogP contribution in [0.15, 0.2) is 0 Å². The van der Waals surface area contributed by atoms with Crippen LogP contribution < -0.4 is 10.6 Å². The summed E-state index contributed by atoms with van der Waals surface area (Å²) < 4.78 is 35.2. The summed E-state index contributed by atoms with van der Waals surface area (Å²) in [6, 6.07) is -0.906. The van der Waals surface area contributed by atoms with E-state index in [-0.39, 0.29) is 6.04 Å². The third-order valence-electron chi connectivity index (χ3n) is 1.43. The van der Waals surface area contributed by atoms with E-state index in [1.165, 1.54) is 6.92 Å². The van der Waals surface area contributed by atoms with Gasteiger partial charge in [0.25, 0.3) is 0 Å². The third-order valence-corrected chi connectivity index (χ3v) is 1.43. The fraction of sp³-hybridized carbons (Fsp3) is 0.875. The molecule has 0 rings (SSSR count). The molecule has 1 amide bonds.